The van der Waals surface area contributed by atoms with Crippen LogP contribution in [0.25, 0.3) is 16.3 Å². The summed E-state index contributed by atoms with van der Waals surface area (Å²) in [5.41, 5.74) is 4.54. The Labute approximate surface area is 160 Å². The first kappa shape index (κ1) is 19.2. The van der Waals surface area contributed by atoms with Gasteiger partial charge in [-0.25, -0.2) is 9.97 Å². The van der Waals surface area contributed by atoms with Crippen molar-refractivity contribution in [1.82, 2.24) is 19.7 Å². The molecule has 0 amide bonds. The van der Waals surface area contributed by atoms with E-state index in [9.17, 15) is 13.2 Å². The lowest BCUT2D eigenvalue weighted by atomic mass is 10.2. The van der Waals surface area contributed by atoms with Gasteiger partial charge in [-0.2, -0.15) is 23.0 Å². The van der Waals surface area contributed by atoms with E-state index >= 15 is 0 Å². The van der Waals surface area contributed by atoms with Gasteiger partial charge in [0.2, 0.25) is 5.82 Å². The zero-order valence-electron chi connectivity index (χ0n) is 14.0. The highest BCUT2D eigenvalue weighted by Crippen LogP contribution is 2.47. The summed E-state index contributed by atoms with van der Waals surface area (Å²) >= 11 is 6.91. The Balaban J connectivity index is 2.26. The van der Waals surface area contributed by atoms with Crippen LogP contribution >= 0.6 is 22.9 Å². The van der Waals surface area contributed by atoms with E-state index in [1.54, 1.807) is 6.92 Å². The van der Waals surface area contributed by atoms with Crippen molar-refractivity contribution < 1.29 is 22.6 Å². The van der Waals surface area contributed by atoms with Gasteiger partial charge in [-0.3, -0.25) is 0 Å². The van der Waals surface area contributed by atoms with Crippen molar-refractivity contribution in [1.29, 1.82) is 0 Å². The molecule has 0 radical (unpaired) electrons. The Morgan fingerprint density at radius 3 is 2.59 bits per heavy atom. The number of alkyl halides is 3. The smallest absolute Gasteiger partial charge is 0.435 e. The fourth-order valence-electron chi connectivity index (χ4n) is 2.35. The first-order chi connectivity index (χ1) is 12.8. The number of rotatable bonds is 5. The maximum Gasteiger partial charge on any atom is 0.435 e. The number of thiophene rings is 1. The summed E-state index contributed by atoms with van der Waals surface area (Å²) in [6.45, 7) is 1.95. The molecule has 0 aliphatic heterocycles. The van der Waals surface area contributed by atoms with E-state index in [0.717, 1.165) is 16.0 Å². The van der Waals surface area contributed by atoms with Gasteiger partial charge in [0.1, 0.15) is 15.9 Å². The molecule has 7 nitrogen and oxygen atoms in total. The van der Waals surface area contributed by atoms with Crippen molar-refractivity contribution in [3.05, 3.63) is 28.5 Å². The quantitative estimate of drug-likeness (QED) is 0.671. The highest BCUT2D eigenvalue weighted by molar-refractivity contribution is 7.19. The number of hydrogen-bond acceptors (Lipinski definition) is 7. The average Bonchev–Trinajstić information content (AvgIpc) is 3.15. The van der Waals surface area contributed by atoms with Crippen LogP contribution in [0.15, 0.2) is 18.5 Å². The standard InChI is InChI=1S/C15H13ClF3N5O2S/c1-3-26-14-13(21-4-5-22-14)24-12(20)9(10(23-24)15(17,18)19)8-6-7(25-2)11(16)27-8/h4-6H,3,20H2,1-2H3. The molecule has 0 unspecified atom stereocenters. The number of methoxy groups -OCH3 is 1. The molecule has 0 saturated heterocycles. The fraction of sp³-hybridized carbons (Fsp3) is 0.267. The van der Waals surface area contributed by atoms with Crippen molar-refractivity contribution in [3.63, 3.8) is 0 Å². The number of ether oxygens (including phenoxy) is 2. The summed E-state index contributed by atoms with van der Waals surface area (Å²) in [5.74, 6) is -0.0738. The van der Waals surface area contributed by atoms with Crippen LogP contribution in [0, 0.1) is 0 Å². The van der Waals surface area contributed by atoms with Crippen molar-refractivity contribution in [2.45, 2.75) is 13.1 Å². The number of halogens is 4. The van der Waals surface area contributed by atoms with Gasteiger partial charge in [0.25, 0.3) is 5.88 Å². The first-order valence-electron chi connectivity index (χ1n) is 7.51. The van der Waals surface area contributed by atoms with Gasteiger partial charge in [0, 0.05) is 23.3 Å². The normalized spacial score (nSPS) is 11.6. The molecule has 0 aliphatic carbocycles. The van der Waals surface area contributed by atoms with Crippen LogP contribution in [0.5, 0.6) is 11.6 Å². The molecule has 144 valence electrons. The molecule has 0 fully saturated rings. The van der Waals surface area contributed by atoms with Crippen LogP contribution in [0.2, 0.25) is 4.34 Å². The minimum atomic E-state index is -4.76. The summed E-state index contributed by atoms with van der Waals surface area (Å²) < 4.78 is 52.3. The van der Waals surface area contributed by atoms with Crippen LogP contribution < -0.4 is 15.2 Å². The number of nitrogen functional groups attached to an aromatic ring is 1. The predicted octanol–water partition coefficient (Wildman–Crippen LogP) is 4.05. The van der Waals surface area contributed by atoms with Gasteiger partial charge in [0.15, 0.2) is 5.69 Å². The summed E-state index contributed by atoms with van der Waals surface area (Å²) in [4.78, 5) is 8.15. The van der Waals surface area contributed by atoms with Crippen LogP contribution in [0.1, 0.15) is 12.6 Å². The van der Waals surface area contributed by atoms with Gasteiger partial charge in [-0.1, -0.05) is 11.6 Å². The topological polar surface area (TPSA) is 88.1 Å². The van der Waals surface area contributed by atoms with E-state index in [-0.39, 0.29) is 44.6 Å². The molecular formula is C15H13ClF3N5O2S. The molecule has 0 aromatic carbocycles. The fourth-order valence-corrected chi connectivity index (χ4v) is 3.64. The Morgan fingerprint density at radius 2 is 2.00 bits per heavy atom. The zero-order valence-corrected chi connectivity index (χ0v) is 15.6. The molecule has 0 bridgehead atoms. The van der Waals surface area contributed by atoms with Crippen molar-refractivity contribution in [2.75, 3.05) is 19.5 Å². The van der Waals surface area contributed by atoms with Gasteiger partial charge in [-0.05, 0) is 6.92 Å². The minimum Gasteiger partial charge on any atom is -0.494 e. The number of aromatic nitrogens is 4. The highest BCUT2D eigenvalue weighted by Gasteiger charge is 2.40. The second-order valence-corrected chi connectivity index (χ2v) is 6.74. The maximum absolute atomic E-state index is 13.6. The van der Waals surface area contributed by atoms with E-state index in [2.05, 4.69) is 15.1 Å². The number of anilines is 1. The number of hydrogen-bond donors (Lipinski definition) is 1. The molecule has 12 heteroatoms. The first-order valence-corrected chi connectivity index (χ1v) is 8.70. The Morgan fingerprint density at radius 1 is 1.30 bits per heavy atom. The van der Waals surface area contributed by atoms with Crippen LogP contribution in [0.3, 0.4) is 0 Å². The molecule has 3 heterocycles. The monoisotopic (exact) mass is 419 g/mol. The molecule has 0 atom stereocenters. The van der Waals surface area contributed by atoms with Crippen molar-refractivity contribution in [3.8, 4) is 27.9 Å². The Hall–Kier alpha value is -2.53. The van der Waals surface area contributed by atoms with E-state index in [0.29, 0.717) is 0 Å². The number of nitrogens with zero attached hydrogens (tertiary/aromatic N) is 4. The van der Waals surface area contributed by atoms with E-state index in [4.69, 9.17) is 26.8 Å². The van der Waals surface area contributed by atoms with E-state index in [1.165, 1.54) is 25.6 Å². The van der Waals surface area contributed by atoms with Crippen LogP contribution in [0.4, 0.5) is 19.0 Å². The molecule has 3 aromatic heterocycles. The molecule has 3 rings (SSSR count). The highest BCUT2D eigenvalue weighted by atomic mass is 35.5. The molecule has 0 spiro atoms. The van der Waals surface area contributed by atoms with Crippen LogP contribution in [-0.4, -0.2) is 33.5 Å². The second-order valence-electron chi connectivity index (χ2n) is 5.09. The predicted molar refractivity (Wildman–Crippen MR) is 94.6 cm³/mol. The number of nitrogens with two attached hydrogens (primary N) is 1. The maximum atomic E-state index is 13.6. The average molecular weight is 420 g/mol. The third kappa shape index (κ3) is 3.52. The molecular weight excluding hydrogens is 407 g/mol. The summed E-state index contributed by atoms with van der Waals surface area (Å²) in [5, 5.41) is 3.64. The van der Waals surface area contributed by atoms with Gasteiger partial charge in [0.05, 0.1) is 19.3 Å². The van der Waals surface area contributed by atoms with E-state index < -0.39 is 11.9 Å². The van der Waals surface area contributed by atoms with E-state index in [1.807, 2.05) is 0 Å². The third-order valence-electron chi connectivity index (χ3n) is 3.44. The molecule has 27 heavy (non-hydrogen) atoms. The molecule has 0 saturated carbocycles. The lowest BCUT2D eigenvalue weighted by Crippen LogP contribution is -2.10. The van der Waals surface area contributed by atoms with Crippen LogP contribution in [-0.2, 0) is 6.18 Å². The zero-order chi connectivity index (χ0) is 19.8. The van der Waals surface area contributed by atoms with Gasteiger partial charge in [-0.15, -0.1) is 11.3 Å². The second kappa shape index (κ2) is 7.24. The Bertz CT molecular complexity index is 973. The third-order valence-corrected chi connectivity index (χ3v) is 4.78. The lowest BCUT2D eigenvalue weighted by molar-refractivity contribution is -0.140. The molecule has 3 aromatic rings. The van der Waals surface area contributed by atoms with Gasteiger partial charge < -0.3 is 15.2 Å². The summed E-state index contributed by atoms with van der Waals surface area (Å²) in [7, 11) is 1.36. The minimum absolute atomic E-state index is 0.0104. The largest absolute Gasteiger partial charge is 0.494 e. The summed E-state index contributed by atoms with van der Waals surface area (Å²) in [6, 6.07) is 1.38. The van der Waals surface area contributed by atoms with Crippen molar-refractivity contribution >= 4 is 28.8 Å². The lowest BCUT2D eigenvalue weighted by Gasteiger charge is -2.08. The van der Waals surface area contributed by atoms with Crippen molar-refractivity contribution in [2.24, 2.45) is 0 Å². The molecule has 0 aliphatic rings. The molecule has 2 N–H and O–H groups in total. The van der Waals surface area contributed by atoms with Gasteiger partial charge >= 0.3 is 6.18 Å². The summed E-state index contributed by atoms with van der Waals surface area (Å²) in [6.07, 6.45) is -2.10. The SMILES string of the molecule is CCOc1nccnc1-n1nc(C(F)(F)F)c(-c2cc(OC)c(Cl)s2)c1N. The Kier molecular flexibility index (Phi) is 5.16.